The molecule has 0 amide bonds. The Balaban J connectivity index is 1.51. The molecule has 2 aromatic rings. The van der Waals surface area contributed by atoms with Gasteiger partial charge < -0.3 is 14.9 Å². The number of ether oxygens (including phenoxy) is 1. The maximum atomic E-state index is 12.6. The fourth-order valence-electron chi connectivity index (χ4n) is 3.40. The lowest BCUT2D eigenvalue weighted by molar-refractivity contribution is -0.124. The number of nitrogens with zero attached hydrogens (tertiary/aromatic N) is 2. The molecule has 0 radical (unpaired) electrons. The summed E-state index contributed by atoms with van der Waals surface area (Å²) in [6.45, 7) is -0.408. The second kappa shape index (κ2) is 7.91. The van der Waals surface area contributed by atoms with E-state index in [1.54, 1.807) is 18.2 Å². The van der Waals surface area contributed by atoms with Crippen molar-refractivity contribution in [2.24, 2.45) is 4.99 Å². The zero-order chi connectivity index (χ0) is 22.3. The van der Waals surface area contributed by atoms with E-state index in [-0.39, 0.29) is 17.7 Å². The molecule has 1 unspecified atom stereocenters. The van der Waals surface area contributed by atoms with Gasteiger partial charge in [-0.25, -0.2) is 4.79 Å². The lowest BCUT2D eigenvalue weighted by atomic mass is 10.1. The van der Waals surface area contributed by atoms with E-state index in [2.05, 4.69) is 9.98 Å². The van der Waals surface area contributed by atoms with Crippen LogP contribution >= 0.6 is 0 Å². The number of rotatable bonds is 5. The molecule has 4 atom stereocenters. The SMILES string of the molecule is O=c1[nH]c(=O)n([C@H]2C[C@H](O)[C@@H](CO)O2)cc1/C=C/c1ccc(C2=NC2C(F)(F)F)cc1. The molecular formula is C20H18F3N3O5. The summed E-state index contributed by atoms with van der Waals surface area (Å²) in [6, 6.07) is 4.46. The predicted octanol–water partition coefficient (Wildman–Crippen LogP) is 1.08. The van der Waals surface area contributed by atoms with Crippen LogP contribution in [0, 0.1) is 0 Å². The number of H-pyrrole nitrogens is 1. The van der Waals surface area contributed by atoms with Gasteiger partial charge in [0.1, 0.15) is 12.3 Å². The number of aromatic nitrogens is 2. The number of alkyl halides is 3. The molecule has 1 aromatic carbocycles. The van der Waals surface area contributed by atoms with Gasteiger partial charge in [0.15, 0.2) is 6.04 Å². The molecule has 0 bridgehead atoms. The minimum absolute atomic E-state index is 0.00788. The maximum Gasteiger partial charge on any atom is 0.416 e. The molecule has 2 aliphatic heterocycles. The maximum absolute atomic E-state index is 12.6. The summed E-state index contributed by atoms with van der Waals surface area (Å²) in [5, 5.41) is 19.0. The molecule has 4 rings (SSSR count). The summed E-state index contributed by atoms with van der Waals surface area (Å²) < 4.78 is 44.4. The Bertz CT molecular complexity index is 1150. The number of nitrogens with one attached hydrogen (secondary N) is 1. The van der Waals surface area contributed by atoms with E-state index in [1.807, 2.05) is 0 Å². The highest BCUT2D eigenvalue weighted by atomic mass is 19.4. The van der Waals surface area contributed by atoms with Crippen LogP contribution in [0.5, 0.6) is 0 Å². The third kappa shape index (κ3) is 4.38. The van der Waals surface area contributed by atoms with E-state index in [4.69, 9.17) is 4.74 Å². The lowest BCUT2D eigenvalue weighted by Crippen LogP contribution is -2.33. The van der Waals surface area contributed by atoms with E-state index in [1.165, 1.54) is 24.4 Å². The van der Waals surface area contributed by atoms with E-state index < -0.39 is 48.5 Å². The normalized spacial score (nSPS) is 25.8. The highest BCUT2D eigenvalue weighted by Crippen LogP contribution is 2.35. The summed E-state index contributed by atoms with van der Waals surface area (Å²) >= 11 is 0. The summed E-state index contributed by atoms with van der Waals surface area (Å²) in [5.41, 5.74) is -0.220. The second-order valence-corrected chi connectivity index (χ2v) is 7.28. The first-order valence-corrected chi connectivity index (χ1v) is 9.40. The molecule has 31 heavy (non-hydrogen) atoms. The monoisotopic (exact) mass is 437 g/mol. The Labute approximate surface area is 173 Å². The van der Waals surface area contributed by atoms with Crippen molar-refractivity contribution in [3.05, 3.63) is 68.0 Å². The van der Waals surface area contributed by atoms with Gasteiger partial charge in [-0.05, 0) is 17.2 Å². The summed E-state index contributed by atoms with van der Waals surface area (Å²) in [6.07, 6.45) is -2.61. The second-order valence-electron chi connectivity index (χ2n) is 7.28. The molecule has 0 spiro atoms. The van der Waals surface area contributed by atoms with Crippen LogP contribution in [0.4, 0.5) is 13.2 Å². The van der Waals surface area contributed by atoms with E-state index in [9.17, 15) is 33.0 Å². The van der Waals surface area contributed by atoms with Crippen molar-refractivity contribution in [2.45, 2.75) is 37.1 Å². The van der Waals surface area contributed by atoms with Crippen LogP contribution in [0.25, 0.3) is 12.2 Å². The summed E-state index contributed by atoms with van der Waals surface area (Å²) in [5.74, 6) is 0. The molecule has 1 saturated heterocycles. The number of hydrogen-bond acceptors (Lipinski definition) is 6. The van der Waals surface area contributed by atoms with Crippen LogP contribution in [0.3, 0.4) is 0 Å². The molecule has 3 heterocycles. The van der Waals surface area contributed by atoms with E-state index in [0.29, 0.717) is 11.1 Å². The smallest absolute Gasteiger partial charge is 0.394 e. The molecule has 0 aliphatic carbocycles. The quantitative estimate of drug-likeness (QED) is 0.647. The zero-order valence-corrected chi connectivity index (χ0v) is 15.9. The number of aliphatic hydroxyl groups excluding tert-OH is 2. The van der Waals surface area contributed by atoms with Crippen LogP contribution in [-0.2, 0) is 4.74 Å². The van der Waals surface area contributed by atoms with Crippen LogP contribution in [0.1, 0.15) is 29.3 Å². The minimum atomic E-state index is -4.38. The van der Waals surface area contributed by atoms with Crippen LogP contribution in [0.15, 0.2) is 45.0 Å². The molecule has 3 N–H and O–H groups in total. The highest BCUT2D eigenvalue weighted by Gasteiger charge is 2.51. The van der Waals surface area contributed by atoms with Gasteiger partial charge in [-0.1, -0.05) is 30.3 Å². The van der Waals surface area contributed by atoms with Crippen molar-refractivity contribution in [3.8, 4) is 0 Å². The summed E-state index contributed by atoms with van der Waals surface area (Å²) in [4.78, 5) is 29.9. The number of aliphatic hydroxyl groups is 2. The van der Waals surface area contributed by atoms with E-state index in [0.717, 1.165) is 4.57 Å². The molecule has 1 aromatic heterocycles. The Morgan fingerprint density at radius 3 is 2.52 bits per heavy atom. The fourth-order valence-corrected chi connectivity index (χ4v) is 3.40. The number of aliphatic imine (C=N–C) groups is 1. The zero-order valence-electron chi connectivity index (χ0n) is 15.9. The average molecular weight is 437 g/mol. The number of hydrogen-bond donors (Lipinski definition) is 3. The molecule has 1 fully saturated rings. The first-order chi connectivity index (χ1) is 14.7. The van der Waals surface area contributed by atoms with Crippen LogP contribution in [0.2, 0.25) is 0 Å². The Morgan fingerprint density at radius 1 is 1.23 bits per heavy atom. The first kappa shape index (κ1) is 21.2. The summed E-state index contributed by atoms with van der Waals surface area (Å²) in [7, 11) is 0. The van der Waals surface area contributed by atoms with Crippen molar-refractivity contribution in [1.29, 1.82) is 0 Å². The third-order valence-corrected chi connectivity index (χ3v) is 5.12. The number of benzene rings is 1. The molecule has 0 saturated carbocycles. The Morgan fingerprint density at radius 2 is 1.94 bits per heavy atom. The van der Waals surface area contributed by atoms with Crippen molar-refractivity contribution in [3.63, 3.8) is 0 Å². The largest absolute Gasteiger partial charge is 0.416 e. The highest BCUT2D eigenvalue weighted by molar-refractivity contribution is 6.14. The van der Waals surface area contributed by atoms with Gasteiger partial charge in [-0.3, -0.25) is 19.3 Å². The van der Waals surface area contributed by atoms with Crippen molar-refractivity contribution >= 4 is 17.9 Å². The molecule has 8 nitrogen and oxygen atoms in total. The van der Waals surface area contributed by atoms with Gasteiger partial charge in [0, 0.05) is 12.6 Å². The fraction of sp³-hybridized carbons (Fsp3) is 0.350. The van der Waals surface area contributed by atoms with Crippen molar-refractivity contribution < 1.29 is 28.1 Å². The molecule has 11 heteroatoms. The Kier molecular flexibility index (Phi) is 5.42. The van der Waals surface area contributed by atoms with Gasteiger partial charge in [-0.15, -0.1) is 0 Å². The third-order valence-electron chi connectivity index (χ3n) is 5.12. The average Bonchev–Trinajstić information content (AvgIpc) is 3.45. The first-order valence-electron chi connectivity index (χ1n) is 9.40. The van der Waals surface area contributed by atoms with Gasteiger partial charge in [0.05, 0.1) is 24.0 Å². The van der Waals surface area contributed by atoms with Gasteiger partial charge >= 0.3 is 11.9 Å². The minimum Gasteiger partial charge on any atom is -0.394 e. The van der Waals surface area contributed by atoms with Crippen molar-refractivity contribution in [2.75, 3.05) is 6.61 Å². The topological polar surface area (TPSA) is 117 Å². The molecule has 164 valence electrons. The standard InChI is InChI=1S/C20H18F3N3O5/c21-20(22,23)17-16(24-17)11-4-1-10(2-5-11)3-6-12-8-26(19(30)25-18(12)29)15-7-13(28)14(9-27)31-15/h1-6,8,13-15,17,27-28H,7,9H2,(H,25,29,30)/b6-3+/t13-,14+,15+,17?/m0/s1. The predicted molar refractivity (Wildman–Crippen MR) is 105 cm³/mol. The number of halogens is 3. The van der Waals surface area contributed by atoms with Gasteiger partial charge in [0.25, 0.3) is 5.56 Å². The van der Waals surface area contributed by atoms with E-state index >= 15 is 0 Å². The Hall–Kier alpha value is -3.02. The number of aromatic amines is 1. The molecule has 2 aliphatic rings. The lowest BCUT2D eigenvalue weighted by Gasteiger charge is -2.14. The molecular weight excluding hydrogens is 419 g/mol. The van der Waals surface area contributed by atoms with Crippen molar-refractivity contribution in [1.82, 2.24) is 9.55 Å². The van der Waals surface area contributed by atoms with Gasteiger partial charge in [0.2, 0.25) is 0 Å². The van der Waals surface area contributed by atoms with Crippen LogP contribution in [-0.4, -0.2) is 56.5 Å². The van der Waals surface area contributed by atoms with Crippen LogP contribution < -0.4 is 11.2 Å². The van der Waals surface area contributed by atoms with Gasteiger partial charge in [-0.2, -0.15) is 13.2 Å².